The molecule has 3 saturated carbocycles. The van der Waals surface area contributed by atoms with Gasteiger partial charge >= 0.3 is 0 Å². The molecule has 4 aliphatic carbocycles. The zero-order chi connectivity index (χ0) is 22.3. The highest BCUT2D eigenvalue weighted by Crippen LogP contribution is 2.71. The first kappa shape index (κ1) is 22.1. The number of ketones is 1. The summed E-state index contributed by atoms with van der Waals surface area (Å²) in [5, 5.41) is 21.9. The van der Waals surface area contributed by atoms with Gasteiger partial charge in [-0.05, 0) is 55.7 Å². The number of rotatable bonds is 2. The first-order valence-corrected chi connectivity index (χ1v) is 11.3. The Morgan fingerprint density at radius 2 is 1.97 bits per heavy atom. The maximum atomic E-state index is 16.9. The van der Waals surface area contributed by atoms with Crippen molar-refractivity contribution >= 4 is 22.7 Å². The Hall–Kier alpha value is -1.12. The lowest BCUT2D eigenvalue weighted by Gasteiger charge is -2.63. The van der Waals surface area contributed by atoms with E-state index in [9.17, 15) is 24.2 Å². The predicted molar refractivity (Wildman–Crippen MR) is 107 cm³/mol. The van der Waals surface area contributed by atoms with Gasteiger partial charge in [0.15, 0.2) is 11.5 Å². The second-order valence-corrected chi connectivity index (χ2v) is 10.7. The predicted octanol–water partition coefficient (Wildman–Crippen LogP) is 3.47. The van der Waals surface area contributed by atoms with Crippen LogP contribution < -0.4 is 0 Å². The molecular formula is C22H27F3O4S. The topological polar surface area (TPSA) is 74.6 Å². The Kier molecular flexibility index (Phi) is 4.92. The summed E-state index contributed by atoms with van der Waals surface area (Å²) in [4.78, 5) is 24.6. The van der Waals surface area contributed by atoms with Crippen molar-refractivity contribution in [2.24, 2.45) is 28.6 Å². The van der Waals surface area contributed by atoms with Crippen LogP contribution in [0.3, 0.4) is 0 Å². The highest BCUT2D eigenvalue weighted by atomic mass is 32.2. The van der Waals surface area contributed by atoms with E-state index < -0.39 is 69.0 Å². The Labute approximate surface area is 178 Å². The molecule has 1 unspecified atom stereocenters. The Morgan fingerprint density at radius 1 is 1.30 bits per heavy atom. The molecule has 0 aromatic rings. The van der Waals surface area contributed by atoms with Gasteiger partial charge in [0.1, 0.15) is 17.8 Å². The van der Waals surface area contributed by atoms with Crippen molar-refractivity contribution in [2.75, 3.05) is 6.01 Å². The zero-order valence-electron chi connectivity index (χ0n) is 17.2. The molecule has 8 heteroatoms. The minimum absolute atomic E-state index is 0.0294. The molecule has 0 heterocycles. The van der Waals surface area contributed by atoms with Gasteiger partial charge in [0.25, 0.3) is 0 Å². The van der Waals surface area contributed by atoms with Gasteiger partial charge in [-0.1, -0.05) is 31.7 Å². The number of allylic oxidation sites excluding steroid dienone is 4. The van der Waals surface area contributed by atoms with Gasteiger partial charge in [0, 0.05) is 16.7 Å². The number of thioether (sulfide) groups is 1. The van der Waals surface area contributed by atoms with E-state index in [1.165, 1.54) is 19.1 Å². The Bertz CT molecular complexity index is 861. The number of carbonyl (C=O) groups is 2. The molecule has 3 fully saturated rings. The van der Waals surface area contributed by atoms with Gasteiger partial charge in [-0.25, -0.2) is 13.2 Å². The quantitative estimate of drug-likeness (QED) is 0.682. The van der Waals surface area contributed by atoms with Crippen molar-refractivity contribution in [3.63, 3.8) is 0 Å². The van der Waals surface area contributed by atoms with Crippen molar-refractivity contribution in [3.8, 4) is 0 Å². The second-order valence-electron chi connectivity index (χ2n) is 9.80. The number of fused-ring (bicyclic) bond motifs is 5. The number of carbonyl (C=O) groups excluding carboxylic acids is 2. The molecule has 4 aliphatic rings. The maximum Gasteiger partial charge on any atom is 0.223 e. The summed E-state index contributed by atoms with van der Waals surface area (Å²) in [5.74, 6) is -2.57. The molecule has 2 N–H and O–H groups in total. The molecule has 0 radical (unpaired) electrons. The lowest BCUT2D eigenvalue weighted by molar-refractivity contribution is -0.221. The van der Waals surface area contributed by atoms with Gasteiger partial charge in [-0.15, -0.1) is 0 Å². The van der Waals surface area contributed by atoms with E-state index in [1.807, 2.05) is 0 Å². The number of aliphatic hydroxyl groups is 2. The molecule has 4 nitrogen and oxygen atoms in total. The van der Waals surface area contributed by atoms with E-state index in [0.29, 0.717) is 11.8 Å². The van der Waals surface area contributed by atoms with Crippen LogP contribution in [0.25, 0.3) is 0 Å². The Morgan fingerprint density at radius 3 is 2.60 bits per heavy atom. The third-order valence-corrected chi connectivity index (χ3v) is 9.39. The number of halogens is 3. The van der Waals surface area contributed by atoms with Crippen molar-refractivity contribution in [3.05, 3.63) is 23.8 Å². The lowest BCUT2D eigenvalue weighted by Crippen LogP contribution is -2.70. The van der Waals surface area contributed by atoms with Crippen molar-refractivity contribution in [2.45, 2.75) is 63.6 Å². The molecule has 0 amide bonds. The van der Waals surface area contributed by atoms with E-state index in [1.54, 1.807) is 13.8 Å². The minimum atomic E-state index is -2.26. The SMILES string of the molecule is C[C@@H]1C[C@H]2[C@@H]3C[C@H](F)C4=CC(=O)C=C[C@]4(C)C3(F)[C@@H](O)C[C@]2(C)[C@@]1(O)C(=O)SCF. The summed E-state index contributed by atoms with van der Waals surface area (Å²) in [6.45, 7) is 4.79. The van der Waals surface area contributed by atoms with Gasteiger partial charge in [-0.3, -0.25) is 9.59 Å². The van der Waals surface area contributed by atoms with Crippen molar-refractivity contribution in [1.82, 2.24) is 0 Å². The van der Waals surface area contributed by atoms with Crippen LogP contribution in [0.15, 0.2) is 23.8 Å². The zero-order valence-corrected chi connectivity index (χ0v) is 18.0. The standard InChI is InChI=1S/C22H27F3O4S/c1-11-6-13-14-8-16(24)15-7-12(26)4-5-19(15,2)21(14,25)17(27)9-20(13,3)22(11,29)18(28)30-10-23/h4-5,7,11,13-14,16-17,27,29H,6,8-10H2,1-3H3/t11-,13+,14+,16+,17+,19+,20+,21?,22+/m1/s1. The van der Waals surface area contributed by atoms with Crippen LogP contribution in [-0.2, 0) is 9.59 Å². The number of aliphatic hydroxyl groups excluding tert-OH is 1. The van der Waals surface area contributed by atoms with Crippen LogP contribution in [0.4, 0.5) is 13.2 Å². The molecule has 0 aromatic carbocycles. The van der Waals surface area contributed by atoms with Crippen LogP contribution in [0.5, 0.6) is 0 Å². The van der Waals surface area contributed by atoms with Crippen LogP contribution in [-0.4, -0.2) is 50.7 Å². The average molecular weight is 445 g/mol. The minimum Gasteiger partial charge on any atom is -0.390 e. The molecular weight excluding hydrogens is 417 g/mol. The van der Waals surface area contributed by atoms with Crippen molar-refractivity contribution in [1.29, 1.82) is 0 Å². The Balaban J connectivity index is 1.84. The summed E-state index contributed by atoms with van der Waals surface area (Å²) >= 11 is 0.371. The molecule has 0 aromatic heterocycles. The fraction of sp³-hybridized carbons (Fsp3) is 0.727. The molecule has 30 heavy (non-hydrogen) atoms. The van der Waals surface area contributed by atoms with E-state index in [4.69, 9.17) is 0 Å². The molecule has 4 rings (SSSR count). The van der Waals surface area contributed by atoms with E-state index in [-0.39, 0.29) is 24.8 Å². The summed E-state index contributed by atoms with van der Waals surface area (Å²) in [7, 11) is 0. The fourth-order valence-corrected chi connectivity index (χ4v) is 7.89. The van der Waals surface area contributed by atoms with E-state index in [2.05, 4.69) is 0 Å². The van der Waals surface area contributed by atoms with Gasteiger partial charge < -0.3 is 10.2 Å². The smallest absolute Gasteiger partial charge is 0.223 e. The molecule has 0 aliphatic heterocycles. The average Bonchev–Trinajstić information content (AvgIpc) is 2.88. The first-order chi connectivity index (χ1) is 13.9. The molecule has 166 valence electrons. The normalized spacial score (nSPS) is 52.3. The van der Waals surface area contributed by atoms with Gasteiger partial charge in [0.05, 0.1) is 6.10 Å². The second kappa shape index (κ2) is 6.69. The number of hydrogen-bond acceptors (Lipinski definition) is 5. The molecule has 0 saturated heterocycles. The first-order valence-electron chi connectivity index (χ1n) is 10.3. The largest absolute Gasteiger partial charge is 0.390 e. The third kappa shape index (κ3) is 2.39. The van der Waals surface area contributed by atoms with Crippen LogP contribution in [0.2, 0.25) is 0 Å². The highest BCUT2D eigenvalue weighted by Gasteiger charge is 2.76. The summed E-state index contributed by atoms with van der Waals surface area (Å²) in [6.07, 6.45) is 0.306. The van der Waals surface area contributed by atoms with Crippen LogP contribution in [0.1, 0.15) is 40.0 Å². The molecule has 0 spiro atoms. The van der Waals surface area contributed by atoms with E-state index in [0.717, 1.165) is 6.08 Å². The fourth-order valence-electron chi connectivity index (χ4n) is 7.13. The third-order valence-electron chi connectivity index (χ3n) is 8.71. The van der Waals surface area contributed by atoms with E-state index >= 15 is 8.78 Å². The van der Waals surface area contributed by atoms with Gasteiger partial charge in [0.2, 0.25) is 5.12 Å². The van der Waals surface area contributed by atoms with Crippen LogP contribution >= 0.6 is 11.8 Å². The monoisotopic (exact) mass is 444 g/mol. The molecule has 9 atom stereocenters. The van der Waals surface area contributed by atoms with Crippen LogP contribution in [0, 0.1) is 28.6 Å². The van der Waals surface area contributed by atoms with Crippen molar-refractivity contribution < 1.29 is 33.0 Å². The number of hydrogen-bond donors (Lipinski definition) is 2. The molecule has 0 bridgehead atoms. The number of alkyl halides is 3. The highest BCUT2D eigenvalue weighted by molar-refractivity contribution is 8.13. The lowest BCUT2D eigenvalue weighted by atomic mass is 9.44. The summed E-state index contributed by atoms with van der Waals surface area (Å²) in [6, 6.07) is -0.995. The van der Waals surface area contributed by atoms with Gasteiger partial charge in [-0.2, -0.15) is 0 Å². The maximum absolute atomic E-state index is 16.9. The summed E-state index contributed by atoms with van der Waals surface area (Å²) < 4.78 is 45.1. The summed E-state index contributed by atoms with van der Waals surface area (Å²) in [5.41, 5.74) is -6.91.